The molecule has 4 rings (SSSR count). The van der Waals surface area contributed by atoms with E-state index in [4.69, 9.17) is 0 Å². The Morgan fingerprint density at radius 3 is 2.81 bits per heavy atom. The van der Waals surface area contributed by atoms with Gasteiger partial charge in [-0.05, 0) is 37.1 Å². The van der Waals surface area contributed by atoms with Crippen molar-refractivity contribution in [3.63, 3.8) is 0 Å². The number of carbonyl (C=O) groups excluding carboxylic acids is 1. The van der Waals surface area contributed by atoms with Crippen molar-refractivity contribution in [3.05, 3.63) is 69.0 Å². The summed E-state index contributed by atoms with van der Waals surface area (Å²) >= 11 is 1.35. The van der Waals surface area contributed by atoms with E-state index in [0.717, 1.165) is 17.8 Å². The van der Waals surface area contributed by atoms with Crippen LogP contribution in [-0.2, 0) is 4.79 Å². The van der Waals surface area contributed by atoms with E-state index in [0.29, 0.717) is 22.4 Å². The highest BCUT2D eigenvalue weighted by Gasteiger charge is 2.21. The topological polar surface area (TPSA) is 127 Å². The maximum absolute atomic E-state index is 12.7. The molecule has 162 valence electrons. The molecule has 1 aliphatic carbocycles. The molecule has 9 nitrogen and oxygen atoms in total. The summed E-state index contributed by atoms with van der Waals surface area (Å²) < 4.78 is 1.67. The minimum absolute atomic E-state index is 0.0468. The number of nitrogens with one attached hydrogen (secondary N) is 1. The molecule has 0 aliphatic heterocycles. The summed E-state index contributed by atoms with van der Waals surface area (Å²) in [7, 11) is 0. The first kappa shape index (κ1) is 21.4. The zero-order valence-electron chi connectivity index (χ0n) is 17.1. The summed E-state index contributed by atoms with van der Waals surface area (Å²) in [6, 6.07) is 11.5. The van der Waals surface area contributed by atoms with E-state index in [1.54, 1.807) is 35.0 Å². The first-order valence-electron chi connectivity index (χ1n) is 10.2. The van der Waals surface area contributed by atoms with Crippen LogP contribution in [0, 0.1) is 21.4 Å². The van der Waals surface area contributed by atoms with Crippen molar-refractivity contribution >= 4 is 34.1 Å². The molecule has 2 heterocycles. The fourth-order valence-electron chi connectivity index (χ4n) is 3.76. The van der Waals surface area contributed by atoms with Gasteiger partial charge in [-0.2, -0.15) is 5.26 Å². The van der Waals surface area contributed by atoms with Crippen LogP contribution >= 0.6 is 11.3 Å². The summed E-state index contributed by atoms with van der Waals surface area (Å²) in [4.78, 5) is 23.3. The number of nitriles is 1. The lowest BCUT2D eigenvalue weighted by Crippen LogP contribution is -2.13. The normalized spacial score (nSPS) is 14.7. The van der Waals surface area contributed by atoms with Gasteiger partial charge in [0.25, 0.3) is 11.6 Å². The van der Waals surface area contributed by atoms with E-state index in [9.17, 15) is 20.2 Å². The molecule has 0 spiro atoms. The third kappa shape index (κ3) is 4.73. The first-order chi connectivity index (χ1) is 15.5. The molecule has 32 heavy (non-hydrogen) atoms. The van der Waals surface area contributed by atoms with Crippen LogP contribution in [0.5, 0.6) is 0 Å². The maximum atomic E-state index is 12.7. The van der Waals surface area contributed by atoms with Crippen LogP contribution in [0.15, 0.2) is 48.2 Å². The Hall–Kier alpha value is -3.84. The Labute approximate surface area is 188 Å². The van der Waals surface area contributed by atoms with Gasteiger partial charge >= 0.3 is 0 Å². The largest absolute Gasteiger partial charge is 0.317 e. The quantitative estimate of drug-likeness (QED) is 0.249. The molecular formula is C22H20N6O3S. The molecule has 1 aromatic carbocycles. The second-order valence-corrected chi connectivity index (χ2v) is 8.49. The number of rotatable bonds is 6. The molecule has 0 saturated heterocycles. The number of anilines is 1. The van der Waals surface area contributed by atoms with E-state index >= 15 is 0 Å². The van der Waals surface area contributed by atoms with Crippen molar-refractivity contribution in [2.45, 2.75) is 38.0 Å². The molecule has 10 heteroatoms. The number of nitro groups is 1. The molecule has 0 bridgehead atoms. The zero-order valence-corrected chi connectivity index (χ0v) is 17.9. The Morgan fingerprint density at radius 1 is 1.25 bits per heavy atom. The molecule has 0 atom stereocenters. The van der Waals surface area contributed by atoms with E-state index in [-0.39, 0.29) is 11.3 Å². The van der Waals surface area contributed by atoms with Gasteiger partial charge < -0.3 is 4.57 Å². The molecule has 2 aromatic heterocycles. The van der Waals surface area contributed by atoms with Gasteiger partial charge in [0.1, 0.15) is 16.6 Å². The SMILES string of the molecule is N#C/C(=C/c1cccn1-c1cccc([N+](=O)[O-])c1)C(=O)Nc1nnc(C2CCCCC2)s1. The standard InChI is InChI=1S/C22H20N6O3S/c23-14-16(20(29)24-22-26-25-21(32-22)15-6-2-1-3-7-15)12-17-10-5-11-27(17)18-8-4-9-19(13-18)28(30)31/h4-5,8-13,15H,1-3,6-7H2,(H,24,26,29)/b16-12-. The monoisotopic (exact) mass is 448 g/mol. The van der Waals surface area contributed by atoms with Gasteiger partial charge in [0.2, 0.25) is 5.13 Å². The summed E-state index contributed by atoms with van der Waals surface area (Å²) in [5, 5.41) is 32.9. The van der Waals surface area contributed by atoms with E-state index in [1.165, 1.54) is 48.8 Å². The van der Waals surface area contributed by atoms with E-state index in [2.05, 4.69) is 15.5 Å². The Bertz CT molecular complexity index is 1220. The predicted molar refractivity (Wildman–Crippen MR) is 120 cm³/mol. The Kier molecular flexibility index (Phi) is 6.37. The van der Waals surface area contributed by atoms with E-state index in [1.807, 2.05) is 6.07 Å². The van der Waals surface area contributed by atoms with Crippen molar-refractivity contribution in [1.29, 1.82) is 5.26 Å². The fourth-order valence-corrected chi connectivity index (χ4v) is 4.67. The number of benzene rings is 1. The smallest absolute Gasteiger partial charge is 0.271 e. The first-order valence-corrected chi connectivity index (χ1v) is 11.1. The molecule has 0 radical (unpaired) electrons. The van der Waals surface area contributed by atoms with Crippen molar-refractivity contribution in [2.75, 3.05) is 5.32 Å². The van der Waals surface area contributed by atoms with Crippen LogP contribution in [0.2, 0.25) is 0 Å². The lowest BCUT2D eigenvalue weighted by atomic mass is 9.90. The van der Waals surface area contributed by atoms with Gasteiger partial charge in [0.15, 0.2) is 0 Å². The van der Waals surface area contributed by atoms with Crippen LogP contribution < -0.4 is 5.32 Å². The average molecular weight is 449 g/mol. The van der Waals surface area contributed by atoms with Gasteiger partial charge in [-0.1, -0.05) is 36.7 Å². The van der Waals surface area contributed by atoms with Gasteiger partial charge in [0, 0.05) is 29.9 Å². The van der Waals surface area contributed by atoms with Crippen LogP contribution in [0.4, 0.5) is 10.8 Å². The Morgan fingerprint density at radius 2 is 2.06 bits per heavy atom. The number of amides is 1. The van der Waals surface area contributed by atoms with Crippen LogP contribution in [-0.4, -0.2) is 25.6 Å². The van der Waals surface area contributed by atoms with Gasteiger partial charge in [-0.3, -0.25) is 20.2 Å². The van der Waals surface area contributed by atoms with Crippen LogP contribution in [0.3, 0.4) is 0 Å². The van der Waals surface area contributed by atoms with Gasteiger partial charge in [-0.15, -0.1) is 10.2 Å². The average Bonchev–Trinajstić information content (AvgIpc) is 3.47. The van der Waals surface area contributed by atoms with Crippen molar-refractivity contribution < 1.29 is 9.72 Å². The fraction of sp³-hybridized carbons (Fsp3) is 0.273. The summed E-state index contributed by atoms with van der Waals surface area (Å²) in [6.07, 6.45) is 8.92. The second-order valence-electron chi connectivity index (χ2n) is 7.48. The highest BCUT2D eigenvalue weighted by atomic mass is 32.1. The van der Waals surface area contributed by atoms with E-state index < -0.39 is 10.8 Å². The zero-order chi connectivity index (χ0) is 22.5. The number of hydrogen-bond donors (Lipinski definition) is 1. The molecule has 0 unspecified atom stereocenters. The van der Waals surface area contributed by atoms with Crippen molar-refractivity contribution in [1.82, 2.24) is 14.8 Å². The van der Waals surface area contributed by atoms with Crippen LogP contribution in [0.25, 0.3) is 11.8 Å². The molecule has 1 N–H and O–H groups in total. The van der Waals surface area contributed by atoms with Crippen molar-refractivity contribution in [3.8, 4) is 11.8 Å². The van der Waals surface area contributed by atoms with Crippen molar-refractivity contribution in [2.24, 2.45) is 0 Å². The number of non-ortho nitro benzene ring substituents is 1. The number of nitro benzene ring substituents is 1. The Balaban J connectivity index is 1.53. The molecular weight excluding hydrogens is 428 g/mol. The number of aromatic nitrogens is 3. The number of nitrogens with zero attached hydrogens (tertiary/aromatic N) is 5. The third-order valence-corrected chi connectivity index (χ3v) is 6.37. The number of carbonyl (C=O) groups is 1. The summed E-state index contributed by atoms with van der Waals surface area (Å²) in [5.41, 5.74) is 0.936. The van der Waals surface area contributed by atoms with Gasteiger partial charge in [-0.25, -0.2) is 0 Å². The third-order valence-electron chi connectivity index (χ3n) is 5.37. The highest BCUT2D eigenvalue weighted by Crippen LogP contribution is 2.35. The minimum Gasteiger partial charge on any atom is -0.317 e. The molecule has 1 aliphatic rings. The molecule has 1 fully saturated rings. The maximum Gasteiger partial charge on any atom is 0.271 e. The molecule has 3 aromatic rings. The highest BCUT2D eigenvalue weighted by molar-refractivity contribution is 7.15. The summed E-state index contributed by atoms with van der Waals surface area (Å²) in [6.45, 7) is 0. The lowest BCUT2D eigenvalue weighted by Gasteiger charge is -2.18. The molecule has 1 saturated carbocycles. The second kappa shape index (κ2) is 9.53. The minimum atomic E-state index is -0.578. The summed E-state index contributed by atoms with van der Waals surface area (Å²) in [5.74, 6) is -0.193. The lowest BCUT2D eigenvalue weighted by molar-refractivity contribution is -0.384. The molecule has 1 amide bonds. The number of hydrogen-bond acceptors (Lipinski definition) is 7. The van der Waals surface area contributed by atoms with Gasteiger partial charge in [0.05, 0.1) is 10.6 Å². The predicted octanol–water partition coefficient (Wildman–Crippen LogP) is 4.83. The van der Waals surface area contributed by atoms with Crippen LogP contribution in [0.1, 0.15) is 48.7 Å².